The van der Waals surface area contributed by atoms with Gasteiger partial charge in [-0.1, -0.05) is 12.1 Å². The fourth-order valence-electron chi connectivity index (χ4n) is 5.86. The van der Waals surface area contributed by atoms with Gasteiger partial charge in [0.15, 0.2) is 5.65 Å². The summed E-state index contributed by atoms with van der Waals surface area (Å²) in [6, 6.07) is 15.2. The van der Waals surface area contributed by atoms with Crippen LogP contribution in [0, 0.1) is 12.8 Å². The molecule has 1 saturated heterocycles. The Morgan fingerprint density at radius 1 is 1.04 bits per heavy atom. The highest BCUT2D eigenvalue weighted by Crippen LogP contribution is 2.28. The van der Waals surface area contributed by atoms with Crippen molar-refractivity contribution in [2.75, 3.05) is 31.5 Å². The number of fused-ring (bicyclic) bond motifs is 1. The molecule has 1 fully saturated rings. The van der Waals surface area contributed by atoms with Gasteiger partial charge in [-0.3, -0.25) is 14.6 Å². The number of carbonyl (C=O) groups excluding carboxylic acids is 2. The Kier molecular flexibility index (Phi) is 8.55. The molecule has 1 aromatic carbocycles. The lowest BCUT2D eigenvalue weighted by atomic mass is 10.00. The predicted molar refractivity (Wildman–Crippen MR) is 164 cm³/mol. The van der Waals surface area contributed by atoms with Crippen LogP contribution in [0.4, 0.5) is 24.8 Å². The summed E-state index contributed by atoms with van der Waals surface area (Å²) in [6.45, 7) is 4.05. The van der Waals surface area contributed by atoms with E-state index in [2.05, 4.69) is 32.5 Å². The van der Waals surface area contributed by atoms with Crippen LogP contribution >= 0.6 is 0 Å². The van der Waals surface area contributed by atoms with E-state index in [1.165, 1.54) is 4.90 Å². The molecule has 2 aliphatic rings. The zero-order valence-electron chi connectivity index (χ0n) is 24.9. The summed E-state index contributed by atoms with van der Waals surface area (Å²) in [7, 11) is 0. The van der Waals surface area contributed by atoms with Crippen LogP contribution in [-0.4, -0.2) is 73.6 Å². The number of nitrogens with zero attached hydrogens (tertiary/aromatic N) is 6. The molecule has 0 spiro atoms. The van der Waals surface area contributed by atoms with Crippen molar-refractivity contribution in [1.82, 2.24) is 29.4 Å². The molecule has 3 aromatic heterocycles. The average molecular weight is 618 g/mol. The van der Waals surface area contributed by atoms with Crippen LogP contribution in [0.3, 0.4) is 0 Å². The van der Waals surface area contributed by atoms with E-state index >= 15 is 0 Å². The van der Waals surface area contributed by atoms with Gasteiger partial charge < -0.3 is 15.1 Å². The third-order valence-corrected chi connectivity index (χ3v) is 8.32. The van der Waals surface area contributed by atoms with Crippen molar-refractivity contribution < 1.29 is 22.8 Å². The molecule has 5 heterocycles. The summed E-state index contributed by atoms with van der Waals surface area (Å²) in [6.07, 6.45) is 1.85. The zero-order chi connectivity index (χ0) is 31.6. The van der Waals surface area contributed by atoms with Crippen LogP contribution in [0.5, 0.6) is 0 Å². The molecule has 4 aromatic rings. The van der Waals surface area contributed by atoms with Crippen LogP contribution in [0.15, 0.2) is 67.0 Å². The van der Waals surface area contributed by atoms with E-state index in [9.17, 15) is 22.8 Å². The predicted octanol–water partition coefficient (Wildman–Crippen LogP) is 5.84. The number of nitrogens with one attached hydrogen (secondary N) is 1. The molecule has 45 heavy (non-hydrogen) atoms. The number of alkyl halides is 3. The Morgan fingerprint density at radius 2 is 1.87 bits per heavy atom. The minimum atomic E-state index is -4.35. The van der Waals surface area contributed by atoms with E-state index in [0.29, 0.717) is 42.6 Å². The maximum absolute atomic E-state index is 13.2. The molecule has 1 atom stereocenters. The number of hydrogen-bond donors (Lipinski definition) is 1. The maximum atomic E-state index is 13.2. The van der Waals surface area contributed by atoms with Gasteiger partial charge in [0.25, 0.3) is 5.91 Å². The largest absolute Gasteiger partial charge is 0.389 e. The van der Waals surface area contributed by atoms with Crippen LogP contribution < -0.4 is 5.32 Å². The lowest BCUT2D eigenvalue weighted by Crippen LogP contribution is -2.35. The van der Waals surface area contributed by atoms with Crippen molar-refractivity contribution in [3.05, 3.63) is 89.4 Å². The van der Waals surface area contributed by atoms with Crippen LogP contribution in [-0.2, 0) is 11.2 Å². The second-order valence-corrected chi connectivity index (χ2v) is 11.7. The van der Waals surface area contributed by atoms with E-state index in [0.717, 1.165) is 47.5 Å². The van der Waals surface area contributed by atoms with Gasteiger partial charge in [-0.05, 0) is 85.7 Å². The Morgan fingerprint density at radius 3 is 2.58 bits per heavy atom. The standard InChI is InChI=1S/C33H34F3N7O2/c1-22-4-7-27(37-20-22)19-23-11-16-42(21-23)31(45)25-5-8-26(9-6-25)38-32-39-30-28(3-2-15-43(30)40-32)24-12-17-41(18-13-24)29(44)10-14-33(34,35)36/h2-9,12,15,20,23H,10-11,13-14,16-19,21H2,1H3,(H,38,40). The molecular weight excluding hydrogens is 583 g/mol. The Labute approximate surface area is 258 Å². The maximum Gasteiger partial charge on any atom is 0.389 e. The molecule has 234 valence electrons. The third-order valence-electron chi connectivity index (χ3n) is 8.32. The molecular formula is C33H34F3N7O2. The number of anilines is 2. The molecule has 0 radical (unpaired) electrons. The van der Waals surface area contributed by atoms with Crippen LogP contribution in [0.1, 0.15) is 52.9 Å². The van der Waals surface area contributed by atoms with Crippen molar-refractivity contribution >= 4 is 34.7 Å². The molecule has 0 bridgehead atoms. The monoisotopic (exact) mass is 617 g/mol. The number of rotatable bonds is 8. The summed E-state index contributed by atoms with van der Waals surface area (Å²) in [5.74, 6) is 0.291. The number of carbonyl (C=O) groups is 2. The smallest absolute Gasteiger partial charge is 0.339 e. The SMILES string of the molecule is Cc1ccc(CC2CCN(C(=O)c3ccc(Nc4nc5c(C6=CCN(C(=O)CCC(F)(F)F)CC6)cccn5n4)cc3)C2)nc1. The van der Waals surface area contributed by atoms with Gasteiger partial charge in [0.05, 0.1) is 6.42 Å². The van der Waals surface area contributed by atoms with E-state index in [-0.39, 0.29) is 12.5 Å². The normalized spacial score (nSPS) is 17.1. The highest BCUT2D eigenvalue weighted by atomic mass is 19.4. The molecule has 2 aliphatic heterocycles. The van der Waals surface area contributed by atoms with Crippen LogP contribution in [0.25, 0.3) is 11.2 Å². The van der Waals surface area contributed by atoms with Crippen molar-refractivity contribution in [3.8, 4) is 0 Å². The van der Waals surface area contributed by atoms with Gasteiger partial charge in [-0.2, -0.15) is 18.2 Å². The molecule has 1 unspecified atom stereocenters. The van der Waals surface area contributed by atoms with Gasteiger partial charge in [0, 0.05) is 67.5 Å². The van der Waals surface area contributed by atoms with Crippen molar-refractivity contribution in [2.45, 2.75) is 45.2 Å². The summed E-state index contributed by atoms with van der Waals surface area (Å²) in [5, 5.41) is 7.74. The molecule has 9 nitrogen and oxygen atoms in total. The van der Waals surface area contributed by atoms with Crippen molar-refractivity contribution in [1.29, 1.82) is 0 Å². The second kappa shape index (κ2) is 12.7. The summed E-state index contributed by atoms with van der Waals surface area (Å²) < 4.78 is 39.2. The number of pyridine rings is 2. The van der Waals surface area contributed by atoms with E-state index in [1.807, 2.05) is 48.4 Å². The second-order valence-electron chi connectivity index (χ2n) is 11.7. The number of aromatic nitrogens is 4. The first-order chi connectivity index (χ1) is 21.6. The van der Waals surface area contributed by atoms with E-state index < -0.39 is 24.9 Å². The Hall–Kier alpha value is -4.74. The first-order valence-electron chi connectivity index (χ1n) is 15.1. The first-order valence-corrected chi connectivity index (χ1v) is 15.1. The summed E-state index contributed by atoms with van der Waals surface area (Å²) in [4.78, 5) is 38.0. The molecule has 6 rings (SSSR count). The van der Waals surface area contributed by atoms with E-state index in [4.69, 9.17) is 0 Å². The molecule has 12 heteroatoms. The highest BCUT2D eigenvalue weighted by molar-refractivity contribution is 5.94. The number of benzene rings is 1. The van der Waals surface area contributed by atoms with E-state index in [1.54, 1.807) is 22.8 Å². The third kappa shape index (κ3) is 7.33. The fourth-order valence-corrected chi connectivity index (χ4v) is 5.86. The molecule has 0 aliphatic carbocycles. The number of hydrogen-bond acceptors (Lipinski definition) is 6. The van der Waals surface area contributed by atoms with Gasteiger partial charge >= 0.3 is 6.18 Å². The number of aryl methyl sites for hydroxylation is 1. The van der Waals surface area contributed by atoms with Crippen molar-refractivity contribution in [3.63, 3.8) is 0 Å². The van der Waals surface area contributed by atoms with Crippen LogP contribution in [0.2, 0.25) is 0 Å². The quantitative estimate of drug-likeness (QED) is 0.267. The topological polar surface area (TPSA) is 95.7 Å². The molecule has 1 N–H and O–H groups in total. The number of halogens is 3. The van der Waals surface area contributed by atoms with Gasteiger partial charge in [0.1, 0.15) is 0 Å². The minimum absolute atomic E-state index is 0.0118. The Bertz CT molecular complexity index is 1720. The van der Waals surface area contributed by atoms with Gasteiger partial charge in [0.2, 0.25) is 11.9 Å². The number of amides is 2. The summed E-state index contributed by atoms with van der Waals surface area (Å²) >= 11 is 0. The lowest BCUT2D eigenvalue weighted by molar-refractivity contribution is -0.148. The number of likely N-dealkylation sites (tertiary alicyclic amines) is 1. The zero-order valence-corrected chi connectivity index (χ0v) is 24.9. The first kappa shape index (κ1) is 30.3. The lowest BCUT2D eigenvalue weighted by Gasteiger charge is -2.27. The average Bonchev–Trinajstić information content (AvgIpc) is 3.67. The molecule has 0 saturated carbocycles. The summed E-state index contributed by atoms with van der Waals surface area (Å²) in [5.41, 5.74) is 5.98. The van der Waals surface area contributed by atoms with Crippen molar-refractivity contribution in [2.24, 2.45) is 5.92 Å². The molecule has 2 amide bonds. The fraction of sp³-hybridized carbons (Fsp3) is 0.364. The minimum Gasteiger partial charge on any atom is -0.339 e. The Balaban J connectivity index is 1.07. The van der Waals surface area contributed by atoms with Gasteiger partial charge in [-0.25, -0.2) is 4.52 Å². The van der Waals surface area contributed by atoms with Gasteiger partial charge in [-0.15, -0.1) is 5.10 Å². The highest BCUT2D eigenvalue weighted by Gasteiger charge is 2.30.